The molecule has 0 aromatic rings. The molecule has 0 saturated heterocycles. The van der Waals surface area contributed by atoms with Gasteiger partial charge in [-0.15, -0.1) is 0 Å². The van der Waals surface area contributed by atoms with E-state index in [1.54, 1.807) is 0 Å². The van der Waals surface area contributed by atoms with Crippen molar-refractivity contribution in [1.29, 1.82) is 0 Å². The number of ketones is 1. The number of Topliss-reactive ketones (excluding diaryl/α,β-unsaturated/α-hetero) is 1. The maximum absolute atomic E-state index is 11.2. The predicted octanol–water partition coefficient (Wildman–Crippen LogP) is -3.74. The molecule has 0 spiro atoms. The Balaban J connectivity index is 5.21. The van der Waals surface area contributed by atoms with Crippen LogP contribution in [0.4, 0.5) is 0 Å². The molecule has 0 aliphatic rings. The Morgan fingerprint density at radius 2 is 1.67 bits per heavy atom. The molecule has 0 bridgehead atoms. The lowest BCUT2D eigenvalue weighted by Gasteiger charge is -2.32. The molecule has 24 heavy (non-hydrogen) atoms. The zero-order valence-electron chi connectivity index (χ0n) is 12.3. The Bertz CT molecular complexity index is 508. The van der Waals surface area contributed by atoms with Crippen LogP contribution in [0.25, 0.3) is 10.4 Å². The Labute approximate surface area is 134 Å². The van der Waals surface area contributed by atoms with E-state index in [0.717, 1.165) is 0 Å². The Hall–Kier alpha value is -2.28. The minimum atomic E-state index is -2.07. The van der Waals surface area contributed by atoms with Crippen molar-refractivity contribution in [3.8, 4) is 0 Å². The van der Waals surface area contributed by atoms with E-state index in [0.29, 0.717) is 0 Å². The molecule has 0 fully saturated rings. The summed E-state index contributed by atoms with van der Waals surface area (Å²) in [6, 6.07) is -1.79. The highest BCUT2D eigenvalue weighted by atomic mass is 16.4. The van der Waals surface area contributed by atoms with E-state index >= 15 is 0 Å². The number of hydrogen-bond acceptors (Lipinski definition) is 9. The Morgan fingerprint density at radius 3 is 2.12 bits per heavy atom. The van der Waals surface area contributed by atoms with Crippen molar-refractivity contribution in [1.82, 2.24) is 5.32 Å². The van der Waals surface area contributed by atoms with Crippen molar-refractivity contribution in [2.75, 3.05) is 13.2 Å². The van der Waals surface area contributed by atoms with Crippen molar-refractivity contribution in [3.63, 3.8) is 0 Å². The van der Waals surface area contributed by atoms with E-state index in [-0.39, 0.29) is 0 Å². The van der Waals surface area contributed by atoms with Crippen LogP contribution in [-0.4, -0.2) is 91.9 Å². The Morgan fingerprint density at radius 1 is 1.08 bits per heavy atom. The third-order valence-corrected chi connectivity index (χ3v) is 2.96. The van der Waals surface area contributed by atoms with Crippen molar-refractivity contribution < 1.29 is 45.0 Å². The molecular weight excluding hydrogens is 332 g/mol. The third-order valence-electron chi connectivity index (χ3n) is 2.96. The normalized spacial score (nSPS) is 16.9. The molecule has 13 nitrogen and oxygen atoms in total. The first-order valence-electron chi connectivity index (χ1n) is 6.55. The minimum Gasteiger partial charge on any atom is -0.475 e. The van der Waals surface area contributed by atoms with Gasteiger partial charge < -0.3 is 36.0 Å². The molecule has 7 N–H and O–H groups in total. The number of amides is 1. The maximum atomic E-state index is 11.2. The second-order valence-electron chi connectivity index (χ2n) is 4.71. The number of aliphatic hydroxyl groups is 5. The molecule has 0 aliphatic heterocycles. The first kappa shape index (κ1) is 21.7. The predicted molar refractivity (Wildman–Crippen MR) is 74.3 cm³/mol. The first-order valence-corrected chi connectivity index (χ1v) is 6.55. The van der Waals surface area contributed by atoms with E-state index < -0.39 is 67.7 Å². The standard InChI is InChI=1S/C11H18N4O9/c12-15-13-2-6(19)9(21)10(22)8(14-7(20)3-16)4(17)1-5(18)11(23)24/h4,6,8-10,16-17,19,21-22H,1-3H2,(H,14,20)(H,23,24)/t4-,6+,8+,9+,10+/m0/s1. The first-order chi connectivity index (χ1) is 11.1. The van der Waals surface area contributed by atoms with E-state index in [1.165, 1.54) is 0 Å². The summed E-state index contributed by atoms with van der Waals surface area (Å²) in [5, 5.41) is 61.1. The summed E-state index contributed by atoms with van der Waals surface area (Å²) >= 11 is 0. The van der Waals surface area contributed by atoms with Crippen LogP contribution in [-0.2, 0) is 14.4 Å². The highest BCUT2D eigenvalue weighted by Gasteiger charge is 2.37. The van der Waals surface area contributed by atoms with Gasteiger partial charge in [0.15, 0.2) is 0 Å². The van der Waals surface area contributed by atoms with Crippen molar-refractivity contribution >= 4 is 17.7 Å². The molecule has 136 valence electrons. The molecule has 0 aromatic heterocycles. The molecule has 0 radical (unpaired) electrons. The molecule has 0 aliphatic carbocycles. The molecule has 0 unspecified atom stereocenters. The maximum Gasteiger partial charge on any atom is 0.372 e. The number of rotatable bonds is 11. The lowest BCUT2D eigenvalue weighted by atomic mass is 9.94. The fourth-order valence-corrected chi connectivity index (χ4v) is 1.71. The summed E-state index contributed by atoms with van der Waals surface area (Å²) in [6.45, 7) is -1.69. The van der Waals surface area contributed by atoms with Crippen LogP contribution in [0.3, 0.4) is 0 Å². The largest absolute Gasteiger partial charge is 0.475 e. The highest BCUT2D eigenvalue weighted by molar-refractivity contribution is 6.32. The van der Waals surface area contributed by atoms with Crippen molar-refractivity contribution in [3.05, 3.63) is 10.4 Å². The van der Waals surface area contributed by atoms with Crippen LogP contribution in [0.15, 0.2) is 5.11 Å². The summed E-state index contributed by atoms with van der Waals surface area (Å²) in [6.07, 6.45) is -8.82. The number of carboxylic acid groups (broad SMARTS) is 1. The molecule has 0 saturated carbocycles. The number of hydrogen-bond donors (Lipinski definition) is 7. The summed E-state index contributed by atoms with van der Waals surface area (Å²) in [5.74, 6) is -4.39. The molecule has 0 heterocycles. The van der Waals surface area contributed by atoms with Gasteiger partial charge in [0.1, 0.15) is 18.8 Å². The SMILES string of the molecule is [N-]=[N+]=NC[C@@H](O)[C@@H](O)[C@H](O)[C@H](NC(=O)CO)[C@@H](O)CC(=O)C(=O)O. The van der Waals surface area contributed by atoms with Crippen LogP contribution in [0.2, 0.25) is 0 Å². The van der Waals surface area contributed by atoms with E-state index in [4.69, 9.17) is 15.7 Å². The van der Waals surface area contributed by atoms with Gasteiger partial charge in [0.05, 0.1) is 24.8 Å². The zero-order chi connectivity index (χ0) is 18.9. The van der Waals surface area contributed by atoms with E-state index in [1.807, 2.05) is 5.32 Å². The second kappa shape index (κ2) is 10.5. The molecule has 5 atom stereocenters. The summed E-state index contributed by atoms with van der Waals surface area (Å²) < 4.78 is 0. The van der Waals surface area contributed by atoms with Gasteiger partial charge in [0, 0.05) is 11.3 Å². The van der Waals surface area contributed by atoms with Crippen LogP contribution < -0.4 is 5.32 Å². The van der Waals surface area contributed by atoms with Crippen LogP contribution >= 0.6 is 0 Å². The fraction of sp³-hybridized carbons (Fsp3) is 0.727. The average molecular weight is 350 g/mol. The summed E-state index contributed by atoms with van der Waals surface area (Å²) in [7, 11) is 0. The third kappa shape index (κ3) is 6.87. The quantitative estimate of drug-likeness (QED) is 0.0837. The van der Waals surface area contributed by atoms with Crippen LogP contribution in [0, 0.1) is 0 Å². The highest BCUT2D eigenvalue weighted by Crippen LogP contribution is 2.12. The number of carbonyl (C=O) groups excluding carboxylic acids is 2. The van der Waals surface area contributed by atoms with Crippen molar-refractivity contribution in [2.45, 2.75) is 36.9 Å². The van der Waals surface area contributed by atoms with Crippen LogP contribution in [0.1, 0.15) is 6.42 Å². The minimum absolute atomic E-state index is 0.639. The topological polar surface area (TPSA) is 233 Å². The van der Waals surface area contributed by atoms with Gasteiger partial charge in [0.2, 0.25) is 11.7 Å². The smallest absolute Gasteiger partial charge is 0.372 e. The van der Waals surface area contributed by atoms with Gasteiger partial charge in [0.25, 0.3) is 0 Å². The average Bonchev–Trinajstić information content (AvgIpc) is 2.55. The summed E-state index contributed by atoms with van der Waals surface area (Å²) in [5.41, 5.74) is 8.12. The molecule has 1 amide bonds. The van der Waals surface area contributed by atoms with E-state index in [9.17, 15) is 34.8 Å². The number of aliphatic hydroxyl groups excluding tert-OH is 5. The monoisotopic (exact) mass is 350 g/mol. The fourth-order valence-electron chi connectivity index (χ4n) is 1.71. The molecule has 0 aromatic carbocycles. The van der Waals surface area contributed by atoms with E-state index in [2.05, 4.69) is 10.0 Å². The van der Waals surface area contributed by atoms with Crippen molar-refractivity contribution in [2.24, 2.45) is 5.11 Å². The van der Waals surface area contributed by atoms with Gasteiger partial charge in [-0.3, -0.25) is 9.59 Å². The molecule has 13 heteroatoms. The van der Waals surface area contributed by atoms with Gasteiger partial charge in [-0.1, -0.05) is 5.11 Å². The van der Waals surface area contributed by atoms with Crippen LogP contribution in [0.5, 0.6) is 0 Å². The van der Waals surface area contributed by atoms with Gasteiger partial charge in [-0.2, -0.15) is 0 Å². The number of aliphatic carboxylic acids is 1. The summed E-state index contributed by atoms with van der Waals surface area (Å²) in [4.78, 5) is 35.1. The van der Waals surface area contributed by atoms with Gasteiger partial charge in [-0.25, -0.2) is 4.79 Å². The van der Waals surface area contributed by atoms with Gasteiger partial charge in [-0.05, 0) is 5.53 Å². The lowest BCUT2D eigenvalue weighted by molar-refractivity contribution is -0.151. The zero-order valence-corrected chi connectivity index (χ0v) is 12.3. The number of carbonyl (C=O) groups is 3. The van der Waals surface area contributed by atoms with Gasteiger partial charge >= 0.3 is 5.97 Å². The number of nitrogens with one attached hydrogen (secondary N) is 1. The lowest BCUT2D eigenvalue weighted by Crippen LogP contribution is -2.58. The number of carboxylic acids is 1. The second-order valence-corrected chi connectivity index (χ2v) is 4.71. The number of azide groups is 1. The Kier molecular flexibility index (Phi) is 9.49. The molecular formula is C11H18N4O9. The molecule has 0 rings (SSSR count). The number of nitrogens with zero attached hydrogens (tertiary/aromatic N) is 3.